The molecule has 0 radical (unpaired) electrons. The zero-order valence-electron chi connectivity index (χ0n) is 15.9. The Balaban J connectivity index is 0.00000225. The van der Waals surface area contributed by atoms with Gasteiger partial charge in [-0.3, -0.25) is 4.90 Å². The monoisotopic (exact) mass is 459 g/mol. The highest BCUT2D eigenvalue weighted by molar-refractivity contribution is 8.93. The summed E-state index contributed by atoms with van der Waals surface area (Å²) in [4.78, 5) is 8.45. The molecule has 4 rings (SSSR count). The van der Waals surface area contributed by atoms with Crippen LogP contribution in [0.2, 0.25) is 0 Å². The molecule has 1 aliphatic rings. The zero-order valence-corrected chi connectivity index (χ0v) is 18.4. The molecule has 0 unspecified atom stereocenters. The molecule has 1 aliphatic heterocycles. The van der Waals surface area contributed by atoms with Crippen molar-refractivity contribution in [2.45, 2.75) is 13.0 Å². The summed E-state index contributed by atoms with van der Waals surface area (Å²) in [5.41, 5.74) is 3.49. The van der Waals surface area contributed by atoms with E-state index in [1.807, 2.05) is 18.2 Å². The van der Waals surface area contributed by atoms with E-state index in [0.717, 1.165) is 56.3 Å². The Kier molecular flexibility index (Phi) is 8.03. The molecule has 1 fully saturated rings. The Morgan fingerprint density at radius 3 is 2.29 bits per heavy atom. The van der Waals surface area contributed by atoms with E-state index in [1.165, 1.54) is 11.3 Å². The van der Waals surface area contributed by atoms with Crippen LogP contribution in [0, 0.1) is 0 Å². The molecule has 2 heterocycles. The van der Waals surface area contributed by atoms with Gasteiger partial charge in [0.15, 0.2) is 4.80 Å². The summed E-state index contributed by atoms with van der Waals surface area (Å²) in [6, 6.07) is 20.8. The maximum Gasteiger partial charge on any atom is 0.190 e. The van der Waals surface area contributed by atoms with Gasteiger partial charge < -0.3 is 9.30 Å². The van der Waals surface area contributed by atoms with Gasteiger partial charge in [0.2, 0.25) is 0 Å². The summed E-state index contributed by atoms with van der Waals surface area (Å²) in [7, 11) is 0. The van der Waals surface area contributed by atoms with Crippen LogP contribution in [0.25, 0.3) is 11.3 Å². The smallest absolute Gasteiger partial charge is 0.190 e. The number of morpholine rings is 1. The number of thiazole rings is 1. The fourth-order valence-corrected chi connectivity index (χ4v) is 4.32. The number of aromatic nitrogens is 1. The molecule has 0 spiro atoms. The van der Waals surface area contributed by atoms with Crippen molar-refractivity contribution < 1.29 is 4.74 Å². The molecule has 0 aliphatic carbocycles. The Bertz CT molecular complexity index is 902. The Labute approximate surface area is 180 Å². The second-order valence-electron chi connectivity index (χ2n) is 6.68. The second kappa shape index (κ2) is 10.7. The summed E-state index contributed by atoms with van der Waals surface area (Å²) >= 11 is 1.71. The molecule has 0 amide bonds. The molecule has 0 bridgehead atoms. The second-order valence-corrected chi connectivity index (χ2v) is 7.51. The van der Waals surface area contributed by atoms with Crippen LogP contribution in [0.1, 0.15) is 6.42 Å². The molecule has 148 valence electrons. The Morgan fingerprint density at radius 2 is 1.57 bits per heavy atom. The largest absolute Gasteiger partial charge is 0.379 e. The average molecular weight is 460 g/mol. The molecule has 0 saturated carbocycles. The predicted molar refractivity (Wildman–Crippen MR) is 122 cm³/mol. The average Bonchev–Trinajstić information content (AvgIpc) is 3.13. The van der Waals surface area contributed by atoms with Gasteiger partial charge in [0.25, 0.3) is 0 Å². The first-order valence-corrected chi connectivity index (χ1v) is 10.4. The molecular weight excluding hydrogens is 434 g/mol. The topological polar surface area (TPSA) is 29.8 Å². The van der Waals surface area contributed by atoms with Crippen molar-refractivity contribution >= 4 is 34.0 Å². The van der Waals surface area contributed by atoms with E-state index in [0.29, 0.717) is 0 Å². The van der Waals surface area contributed by atoms with Crippen LogP contribution in [0.4, 0.5) is 5.69 Å². The van der Waals surface area contributed by atoms with Crippen LogP contribution in [0.5, 0.6) is 0 Å². The number of hydrogen-bond acceptors (Lipinski definition) is 4. The van der Waals surface area contributed by atoms with Crippen LogP contribution in [0.15, 0.2) is 71.0 Å². The van der Waals surface area contributed by atoms with Crippen molar-refractivity contribution in [3.8, 4) is 11.3 Å². The van der Waals surface area contributed by atoms with Crippen molar-refractivity contribution in [2.24, 2.45) is 4.99 Å². The minimum Gasteiger partial charge on any atom is -0.379 e. The lowest BCUT2D eigenvalue weighted by Gasteiger charge is -2.26. The van der Waals surface area contributed by atoms with Crippen molar-refractivity contribution in [1.29, 1.82) is 0 Å². The highest BCUT2D eigenvalue weighted by Crippen LogP contribution is 2.21. The van der Waals surface area contributed by atoms with Crippen molar-refractivity contribution in [2.75, 3.05) is 32.8 Å². The Hall–Kier alpha value is -1.73. The summed E-state index contributed by atoms with van der Waals surface area (Å²) in [5.74, 6) is 0. The van der Waals surface area contributed by atoms with E-state index < -0.39 is 0 Å². The summed E-state index contributed by atoms with van der Waals surface area (Å²) in [6.07, 6.45) is 1.11. The normalized spacial score (nSPS) is 15.4. The van der Waals surface area contributed by atoms with Crippen molar-refractivity contribution in [3.63, 3.8) is 0 Å². The highest BCUT2D eigenvalue weighted by atomic mass is 79.9. The number of benzene rings is 2. The lowest BCUT2D eigenvalue weighted by Crippen LogP contribution is -2.37. The van der Waals surface area contributed by atoms with E-state index in [1.54, 1.807) is 11.3 Å². The molecule has 2 aromatic carbocycles. The maximum absolute atomic E-state index is 5.45. The number of halogens is 1. The van der Waals surface area contributed by atoms with Gasteiger partial charge in [0.1, 0.15) is 0 Å². The lowest BCUT2D eigenvalue weighted by molar-refractivity contribution is 0.0369. The number of hydrogen-bond donors (Lipinski definition) is 0. The van der Waals surface area contributed by atoms with E-state index in [9.17, 15) is 0 Å². The van der Waals surface area contributed by atoms with Gasteiger partial charge >= 0.3 is 0 Å². The quantitative estimate of drug-likeness (QED) is 0.532. The van der Waals surface area contributed by atoms with E-state index in [4.69, 9.17) is 9.73 Å². The minimum absolute atomic E-state index is 0. The van der Waals surface area contributed by atoms with Crippen LogP contribution in [-0.2, 0) is 11.3 Å². The van der Waals surface area contributed by atoms with Crippen molar-refractivity contribution in [1.82, 2.24) is 9.47 Å². The van der Waals surface area contributed by atoms with E-state index in [2.05, 4.69) is 57.3 Å². The van der Waals surface area contributed by atoms with Gasteiger partial charge in [-0.05, 0) is 24.1 Å². The molecular formula is C22H26BrN3OS. The fraction of sp³-hybridized carbons (Fsp3) is 0.318. The first-order valence-electron chi connectivity index (χ1n) is 9.54. The fourth-order valence-electron chi connectivity index (χ4n) is 3.36. The minimum atomic E-state index is 0. The zero-order chi connectivity index (χ0) is 18.3. The van der Waals surface area contributed by atoms with Crippen LogP contribution < -0.4 is 4.80 Å². The lowest BCUT2D eigenvalue weighted by atomic mass is 10.2. The summed E-state index contributed by atoms with van der Waals surface area (Å²) < 4.78 is 7.82. The molecule has 6 heteroatoms. The van der Waals surface area contributed by atoms with Gasteiger partial charge in [-0.15, -0.1) is 28.3 Å². The first kappa shape index (κ1) is 21.0. The van der Waals surface area contributed by atoms with E-state index in [-0.39, 0.29) is 17.0 Å². The van der Waals surface area contributed by atoms with Crippen molar-refractivity contribution in [3.05, 3.63) is 70.8 Å². The Morgan fingerprint density at radius 1 is 0.893 bits per heavy atom. The van der Waals surface area contributed by atoms with Gasteiger partial charge in [-0.2, -0.15) is 0 Å². The molecule has 4 nitrogen and oxygen atoms in total. The van der Waals surface area contributed by atoms with Gasteiger partial charge in [-0.1, -0.05) is 48.5 Å². The summed E-state index contributed by atoms with van der Waals surface area (Å²) in [6.45, 7) is 5.87. The number of ether oxygens (including phenoxy) is 1. The number of rotatable bonds is 6. The first-order chi connectivity index (χ1) is 13.4. The molecule has 28 heavy (non-hydrogen) atoms. The highest BCUT2D eigenvalue weighted by Gasteiger charge is 2.12. The molecule has 0 N–H and O–H groups in total. The number of nitrogens with zero attached hydrogens (tertiary/aromatic N) is 3. The molecule has 1 saturated heterocycles. The third-order valence-corrected chi connectivity index (χ3v) is 5.67. The third kappa shape index (κ3) is 5.41. The summed E-state index contributed by atoms with van der Waals surface area (Å²) in [5, 5.41) is 2.23. The van der Waals surface area contributed by atoms with Gasteiger partial charge in [0, 0.05) is 31.6 Å². The van der Waals surface area contributed by atoms with Gasteiger partial charge in [0.05, 0.1) is 24.6 Å². The maximum atomic E-state index is 5.45. The van der Waals surface area contributed by atoms with Crippen LogP contribution in [0.3, 0.4) is 0 Å². The van der Waals surface area contributed by atoms with E-state index >= 15 is 0 Å². The molecule has 0 atom stereocenters. The van der Waals surface area contributed by atoms with Gasteiger partial charge in [-0.25, -0.2) is 4.99 Å². The number of para-hydroxylation sites is 1. The molecule has 1 aromatic heterocycles. The standard InChI is InChI=1S/C22H25N3OS.BrH/c1-3-8-19(9-4-1)21-18-27-22(23-20-10-5-2-6-11-20)25(21)13-7-12-24-14-16-26-17-15-24;/h1-6,8-11,18H,7,12-17H2;1H. The SMILES string of the molecule is Br.c1ccc(N=c2scc(-c3ccccc3)n2CCCN2CCOCC2)cc1. The third-order valence-electron chi connectivity index (χ3n) is 4.81. The molecule has 3 aromatic rings. The predicted octanol–water partition coefficient (Wildman–Crippen LogP) is 4.75. The van der Waals surface area contributed by atoms with Crippen LogP contribution >= 0.6 is 28.3 Å². The van der Waals surface area contributed by atoms with Crippen LogP contribution in [-0.4, -0.2) is 42.3 Å².